The zero-order valence-electron chi connectivity index (χ0n) is 15.3. The Kier molecular flexibility index (Phi) is 4.16. The van der Waals surface area contributed by atoms with Gasteiger partial charge in [0.15, 0.2) is 0 Å². The number of likely N-dealkylation sites (tertiary alicyclic amines) is 1. The number of carbonyl (C=O) groups excluding carboxylic acids is 1. The lowest BCUT2D eigenvalue weighted by atomic mass is 10.2. The van der Waals surface area contributed by atoms with Crippen LogP contribution in [-0.4, -0.2) is 39.9 Å². The van der Waals surface area contributed by atoms with E-state index in [1.54, 1.807) is 24.3 Å². The molecule has 3 atom stereocenters. The standard InChI is InChI=1S/C21H18F2N4O2/c22-20(23)12-2-6-18(25-8-12)29-13-3-5-16-11(7-13)1-4-17(26-16)21(28)27-9-14-15(10-27)19(14)24/h1-8,14-15,19-20H,9-10,24H2/t14-,15+,19?. The van der Waals surface area contributed by atoms with Crippen molar-refractivity contribution in [1.29, 1.82) is 0 Å². The molecular weight excluding hydrogens is 378 g/mol. The first kappa shape index (κ1) is 17.9. The fraction of sp³-hybridized carbons (Fsp3) is 0.286. The minimum atomic E-state index is -2.57. The Balaban J connectivity index is 1.32. The number of benzene rings is 1. The van der Waals surface area contributed by atoms with Crippen LogP contribution in [0, 0.1) is 11.8 Å². The first-order valence-electron chi connectivity index (χ1n) is 9.37. The van der Waals surface area contributed by atoms with Gasteiger partial charge in [0.05, 0.1) is 5.52 Å². The number of rotatable bonds is 4. The number of nitrogens with zero attached hydrogens (tertiary/aromatic N) is 3. The van der Waals surface area contributed by atoms with Crippen molar-refractivity contribution < 1.29 is 18.3 Å². The Morgan fingerprint density at radius 3 is 2.62 bits per heavy atom. The summed E-state index contributed by atoms with van der Waals surface area (Å²) in [4.78, 5) is 22.9. The van der Waals surface area contributed by atoms with Gasteiger partial charge in [0.25, 0.3) is 12.3 Å². The summed E-state index contributed by atoms with van der Waals surface area (Å²) in [5, 5.41) is 0.801. The van der Waals surface area contributed by atoms with Crippen LogP contribution in [0.5, 0.6) is 11.6 Å². The number of hydrogen-bond donors (Lipinski definition) is 1. The highest BCUT2D eigenvalue weighted by Crippen LogP contribution is 2.44. The second kappa shape index (κ2) is 6.73. The van der Waals surface area contributed by atoms with Crippen molar-refractivity contribution in [1.82, 2.24) is 14.9 Å². The van der Waals surface area contributed by atoms with E-state index in [0.717, 1.165) is 11.6 Å². The number of pyridine rings is 2. The van der Waals surface area contributed by atoms with E-state index in [4.69, 9.17) is 10.5 Å². The fourth-order valence-electron chi connectivity index (χ4n) is 3.89. The lowest BCUT2D eigenvalue weighted by molar-refractivity contribution is 0.0768. The summed E-state index contributed by atoms with van der Waals surface area (Å²) in [6.07, 6.45) is -1.47. The van der Waals surface area contributed by atoms with Crippen LogP contribution in [0.3, 0.4) is 0 Å². The molecule has 3 heterocycles. The second-order valence-electron chi connectivity index (χ2n) is 7.50. The zero-order chi connectivity index (χ0) is 20.1. The molecule has 0 bridgehead atoms. The number of amides is 1. The third-order valence-electron chi connectivity index (χ3n) is 5.66. The molecule has 8 heteroatoms. The number of aromatic nitrogens is 2. The quantitative estimate of drug-likeness (QED) is 0.731. The van der Waals surface area contributed by atoms with Gasteiger partial charge in [0.2, 0.25) is 5.88 Å². The third kappa shape index (κ3) is 3.29. The van der Waals surface area contributed by atoms with E-state index < -0.39 is 6.43 Å². The van der Waals surface area contributed by atoms with Crippen LogP contribution < -0.4 is 10.5 Å². The number of halogens is 2. The highest BCUT2D eigenvalue weighted by molar-refractivity contribution is 5.95. The molecule has 2 aromatic heterocycles. The van der Waals surface area contributed by atoms with E-state index in [9.17, 15) is 13.6 Å². The van der Waals surface area contributed by atoms with Crippen molar-refractivity contribution in [2.24, 2.45) is 17.6 Å². The van der Waals surface area contributed by atoms with Crippen molar-refractivity contribution in [2.45, 2.75) is 12.5 Å². The fourth-order valence-corrected chi connectivity index (χ4v) is 3.89. The SMILES string of the molecule is NC1[C@H]2CN(C(=O)c3ccc4cc(Oc5ccc(C(F)F)cn5)ccc4n3)C[C@@H]12. The maximum atomic E-state index is 12.7. The van der Waals surface area contributed by atoms with E-state index in [1.165, 1.54) is 12.1 Å². The molecule has 2 aliphatic rings. The van der Waals surface area contributed by atoms with Gasteiger partial charge < -0.3 is 15.4 Å². The maximum Gasteiger partial charge on any atom is 0.272 e. The smallest absolute Gasteiger partial charge is 0.272 e. The van der Waals surface area contributed by atoms with Crippen molar-refractivity contribution in [2.75, 3.05) is 13.1 Å². The van der Waals surface area contributed by atoms with Gasteiger partial charge >= 0.3 is 0 Å². The summed E-state index contributed by atoms with van der Waals surface area (Å²) in [6.45, 7) is 1.41. The number of nitrogens with two attached hydrogens (primary N) is 1. The number of fused-ring (bicyclic) bond motifs is 2. The minimum Gasteiger partial charge on any atom is -0.439 e. The number of alkyl halides is 2. The Labute approximate surface area is 165 Å². The molecule has 3 aromatic rings. The molecule has 0 spiro atoms. The van der Waals surface area contributed by atoms with Crippen LogP contribution in [0.15, 0.2) is 48.7 Å². The topological polar surface area (TPSA) is 81.3 Å². The van der Waals surface area contributed by atoms with E-state index in [2.05, 4.69) is 9.97 Å². The van der Waals surface area contributed by atoms with E-state index in [-0.39, 0.29) is 23.4 Å². The van der Waals surface area contributed by atoms with Crippen LogP contribution in [0.1, 0.15) is 22.5 Å². The normalized spacial score (nSPS) is 22.8. The molecule has 148 valence electrons. The Bertz CT molecular complexity index is 1080. The average molecular weight is 396 g/mol. The molecular formula is C21H18F2N4O2. The second-order valence-corrected chi connectivity index (χ2v) is 7.50. The summed E-state index contributed by atoms with van der Waals surface area (Å²) in [5.74, 6) is 1.52. The maximum absolute atomic E-state index is 12.7. The van der Waals surface area contributed by atoms with E-state index in [0.29, 0.717) is 41.9 Å². The summed E-state index contributed by atoms with van der Waals surface area (Å²) in [6, 6.07) is 11.7. The van der Waals surface area contributed by atoms with E-state index >= 15 is 0 Å². The average Bonchev–Trinajstić information content (AvgIpc) is 3.13. The van der Waals surface area contributed by atoms with Gasteiger partial charge in [0, 0.05) is 42.3 Å². The largest absolute Gasteiger partial charge is 0.439 e. The predicted octanol–water partition coefficient (Wildman–Crippen LogP) is 3.39. The highest BCUT2D eigenvalue weighted by atomic mass is 19.3. The minimum absolute atomic E-state index is 0.0741. The Hall–Kier alpha value is -3.13. The first-order valence-corrected chi connectivity index (χ1v) is 9.37. The van der Waals surface area contributed by atoms with Crippen molar-refractivity contribution in [3.8, 4) is 11.6 Å². The molecule has 0 radical (unpaired) electrons. The zero-order valence-corrected chi connectivity index (χ0v) is 15.3. The number of ether oxygens (including phenoxy) is 1. The molecule has 2 fully saturated rings. The Morgan fingerprint density at radius 2 is 1.93 bits per heavy atom. The molecule has 29 heavy (non-hydrogen) atoms. The molecule has 1 aliphatic heterocycles. The Morgan fingerprint density at radius 1 is 1.14 bits per heavy atom. The van der Waals surface area contributed by atoms with Gasteiger partial charge in [-0.05, 0) is 42.2 Å². The molecule has 6 nitrogen and oxygen atoms in total. The number of piperidine rings is 1. The van der Waals surface area contributed by atoms with Gasteiger partial charge in [-0.3, -0.25) is 4.79 Å². The van der Waals surface area contributed by atoms with Crippen LogP contribution in [0.25, 0.3) is 10.9 Å². The van der Waals surface area contributed by atoms with Gasteiger partial charge in [-0.1, -0.05) is 6.07 Å². The van der Waals surface area contributed by atoms with Gasteiger partial charge in [-0.25, -0.2) is 18.7 Å². The lowest BCUT2D eigenvalue weighted by Crippen LogP contribution is -2.34. The van der Waals surface area contributed by atoms with Crippen molar-refractivity contribution in [3.05, 3.63) is 59.9 Å². The molecule has 1 aliphatic carbocycles. The first-order chi connectivity index (χ1) is 14.0. The number of carbonyl (C=O) groups is 1. The third-order valence-corrected chi connectivity index (χ3v) is 5.66. The molecule has 2 N–H and O–H groups in total. The predicted molar refractivity (Wildman–Crippen MR) is 102 cm³/mol. The van der Waals surface area contributed by atoms with Crippen LogP contribution >= 0.6 is 0 Å². The van der Waals surface area contributed by atoms with Gasteiger partial charge in [-0.2, -0.15) is 0 Å². The van der Waals surface area contributed by atoms with E-state index in [1.807, 2.05) is 11.0 Å². The highest BCUT2D eigenvalue weighted by Gasteiger charge is 2.54. The summed E-state index contributed by atoms with van der Waals surface area (Å²) < 4.78 is 30.8. The lowest BCUT2D eigenvalue weighted by Gasteiger charge is -2.18. The van der Waals surface area contributed by atoms with Crippen LogP contribution in [0.2, 0.25) is 0 Å². The van der Waals surface area contributed by atoms with Crippen molar-refractivity contribution >= 4 is 16.8 Å². The molecule has 5 rings (SSSR count). The van der Waals surface area contributed by atoms with Crippen molar-refractivity contribution in [3.63, 3.8) is 0 Å². The van der Waals surface area contributed by atoms with Gasteiger partial charge in [0.1, 0.15) is 11.4 Å². The number of hydrogen-bond acceptors (Lipinski definition) is 5. The monoisotopic (exact) mass is 396 g/mol. The molecule has 1 amide bonds. The summed E-state index contributed by atoms with van der Waals surface area (Å²) in [5.41, 5.74) is 6.86. The molecule has 1 unspecified atom stereocenters. The van der Waals surface area contributed by atoms with Gasteiger partial charge in [-0.15, -0.1) is 0 Å². The van der Waals surface area contributed by atoms with Crippen LogP contribution in [-0.2, 0) is 0 Å². The summed E-state index contributed by atoms with van der Waals surface area (Å²) >= 11 is 0. The molecule has 1 aromatic carbocycles. The molecule has 1 saturated heterocycles. The van der Waals surface area contributed by atoms with Crippen LogP contribution in [0.4, 0.5) is 8.78 Å². The molecule has 1 saturated carbocycles. The summed E-state index contributed by atoms with van der Waals surface area (Å²) in [7, 11) is 0.